The normalized spacial score (nSPS) is 12.1. The largest absolute Gasteiger partial charge is 0.445 e. The van der Waals surface area contributed by atoms with Gasteiger partial charge < -0.3 is 21.1 Å². The molecule has 0 spiro atoms. The molecule has 3 amide bonds. The van der Waals surface area contributed by atoms with Gasteiger partial charge in [0.15, 0.2) is 0 Å². The molecule has 2 aromatic rings. The lowest BCUT2D eigenvalue weighted by atomic mass is 10.0. The van der Waals surface area contributed by atoms with Gasteiger partial charge in [-0.25, -0.2) is 4.79 Å². The molecule has 2 aromatic carbocycles. The van der Waals surface area contributed by atoms with E-state index in [1.165, 1.54) is 0 Å². The Morgan fingerprint density at radius 3 is 2.07 bits per heavy atom. The molecular formula is C22H23N3O4. The average molecular weight is 393 g/mol. The van der Waals surface area contributed by atoms with Crippen LogP contribution in [0.15, 0.2) is 60.7 Å². The number of carbonyl (C=O) groups is 3. The maximum Gasteiger partial charge on any atom is 0.408 e. The van der Waals surface area contributed by atoms with Gasteiger partial charge in [0.2, 0.25) is 11.8 Å². The molecule has 150 valence electrons. The molecule has 0 aliphatic carbocycles. The summed E-state index contributed by atoms with van der Waals surface area (Å²) in [5, 5.41) is 5.04. The van der Waals surface area contributed by atoms with Crippen LogP contribution in [0.2, 0.25) is 0 Å². The first kappa shape index (κ1) is 21.5. The third-order valence-electron chi connectivity index (χ3n) is 4.09. The summed E-state index contributed by atoms with van der Waals surface area (Å²) < 4.78 is 5.19. The van der Waals surface area contributed by atoms with E-state index < -0.39 is 30.0 Å². The van der Waals surface area contributed by atoms with Crippen molar-refractivity contribution >= 4 is 17.9 Å². The van der Waals surface area contributed by atoms with Gasteiger partial charge in [-0.3, -0.25) is 9.59 Å². The monoisotopic (exact) mass is 393 g/mol. The zero-order valence-electron chi connectivity index (χ0n) is 15.8. The second-order valence-electron chi connectivity index (χ2n) is 6.32. The molecule has 0 aliphatic heterocycles. The topological polar surface area (TPSA) is 111 Å². The Balaban J connectivity index is 2.05. The molecule has 0 unspecified atom stereocenters. The smallest absolute Gasteiger partial charge is 0.408 e. The van der Waals surface area contributed by atoms with Crippen LogP contribution in [0.1, 0.15) is 17.5 Å². The Bertz CT molecular complexity index is 863. The lowest BCUT2D eigenvalue weighted by Gasteiger charge is -2.21. The molecule has 7 nitrogen and oxygen atoms in total. The number of nitrogens with two attached hydrogens (primary N) is 1. The second kappa shape index (κ2) is 11.1. The molecule has 7 heteroatoms. The minimum Gasteiger partial charge on any atom is -0.445 e. The summed E-state index contributed by atoms with van der Waals surface area (Å²) >= 11 is 0. The molecule has 2 atom stereocenters. The van der Waals surface area contributed by atoms with Crippen molar-refractivity contribution in [2.24, 2.45) is 5.73 Å². The molecule has 0 aromatic heterocycles. The van der Waals surface area contributed by atoms with E-state index in [-0.39, 0.29) is 19.4 Å². The van der Waals surface area contributed by atoms with Crippen molar-refractivity contribution in [3.05, 3.63) is 71.8 Å². The second-order valence-corrected chi connectivity index (χ2v) is 6.32. The summed E-state index contributed by atoms with van der Waals surface area (Å²) in [6.07, 6.45) is 4.63. The van der Waals surface area contributed by atoms with Gasteiger partial charge in [0.25, 0.3) is 0 Å². The van der Waals surface area contributed by atoms with Crippen LogP contribution in [0, 0.1) is 12.3 Å². The van der Waals surface area contributed by atoms with Gasteiger partial charge in [0.1, 0.15) is 18.7 Å². The molecule has 4 N–H and O–H groups in total. The molecule has 0 radical (unpaired) electrons. The third kappa shape index (κ3) is 7.39. The highest BCUT2D eigenvalue weighted by atomic mass is 16.5. The molecule has 2 rings (SSSR count). The lowest BCUT2D eigenvalue weighted by Crippen LogP contribution is -2.53. The van der Waals surface area contributed by atoms with E-state index in [0.717, 1.165) is 11.1 Å². The van der Waals surface area contributed by atoms with E-state index in [2.05, 4.69) is 16.6 Å². The van der Waals surface area contributed by atoms with Gasteiger partial charge >= 0.3 is 6.09 Å². The predicted octanol–water partition coefficient (Wildman–Crippen LogP) is 1.52. The molecular weight excluding hydrogens is 370 g/mol. The molecule has 0 heterocycles. The molecule has 0 saturated heterocycles. The van der Waals surface area contributed by atoms with E-state index in [1.807, 2.05) is 60.7 Å². The predicted molar refractivity (Wildman–Crippen MR) is 108 cm³/mol. The number of hydrogen-bond donors (Lipinski definition) is 3. The quantitative estimate of drug-likeness (QED) is 0.561. The van der Waals surface area contributed by atoms with E-state index in [4.69, 9.17) is 16.9 Å². The summed E-state index contributed by atoms with van der Waals surface area (Å²) in [4.78, 5) is 36.4. The lowest BCUT2D eigenvalue weighted by molar-refractivity contribution is -0.128. The van der Waals surface area contributed by atoms with Crippen LogP contribution in [0.4, 0.5) is 4.79 Å². The average Bonchev–Trinajstić information content (AvgIpc) is 2.73. The summed E-state index contributed by atoms with van der Waals surface area (Å²) in [6, 6.07) is 16.3. The Morgan fingerprint density at radius 1 is 0.931 bits per heavy atom. The van der Waals surface area contributed by atoms with Crippen molar-refractivity contribution in [1.29, 1.82) is 0 Å². The maximum atomic E-state index is 12.7. The van der Waals surface area contributed by atoms with Gasteiger partial charge in [0.05, 0.1) is 0 Å². The van der Waals surface area contributed by atoms with Crippen LogP contribution in [-0.2, 0) is 27.4 Å². The minimum atomic E-state index is -1.02. The number of alkyl carbamates (subject to hydrolysis) is 1. The van der Waals surface area contributed by atoms with Gasteiger partial charge in [-0.05, 0) is 11.1 Å². The zero-order valence-corrected chi connectivity index (χ0v) is 15.8. The summed E-state index contributed by atoms with van der Waals surface area (Å²) in [5.41, 5.74) is 6.91. The maximum absolute atomic E-state index is 12.7. The van der Waals surface area contributed by atoms with Crippen molar-refractivity contribution < 1.29 is 19.1 Å². The van der Waals surface area contributed by atoms with Gasteiger partial charge in [-0.1, -0.05) is 60.7 Å². The van der Waals surface area contributed by atoms with Crippen molar-refractivity contribution in [3.63, 3.8) is 0 Å². The molecule has 0 saturated carbocycles. The fraction of sp³-hybridized carbons (Fsp3) is 0.227. The number of primary amides is 1. The molecule has 29 heavy (non-hydrogen) atoms. The number of amides is 3. The van der Waals surface area contributed by atoms with Crippen LogP contribution in [-0.4, -0.2) is 30.0 Å². The third-order valence-corrected chi connectivity index (χ3v) is 4.09. The molecule has 0 fully saturated rings. The zero-order chi connectivity index (χ0) is 21.1. The highest BCUT2D eigenvalue weighted by Gasteiger charge is 2.26. The minimum absolute atomic E-state index is 0.0441. The number of benzene rings is 2. The van der Waals surface area contributed by atoms with Crippen LogP contribution in [0.5, 0.6) is 0 Å². The van der Waals surface area contributed by atoms with Gasteiger partial charge in [0, 0.05) is 12.8 Å². The number of carbonyl (C=O) groups excluding carboxylic acids is 3. The van der Waals surface area contributed by atoms with Crippen molar-refractivity contribution in [2.45, 2.75) is 31.5 Å². The van der Waals surface area contributed by atoms with Crippen LogP contribution < -0.4 is 16.4 Å². The van der Waals surface area contributed by atoms with Gasteiger partial charge in [-0.15, -0.1) is 12.3 Å². The highest BCUT2D eigenvalue weighted by Crippen LogP contribution is 2.06. The van der Waals surface area contributed by atoms with Gasteiger partial charge in [-0.2, -0.15) is 0 Å². The van der Waals surface area contributed by atoms with Crippen molar-refractivity contribution in [3.8, 4) is 12.3 Å². The standard InChI is InChI=1S/C22H23N3O4/c1-2-9-18(20(23)26)24-21(27)19(14-16-10-5-3-6-11-16)25-22(28)29-15-17-12-7-4-8-13-17/h1,3-8,10-13,18-19H,9,14-15H2,(H2,23,26)(H,24,27)(H,25,28)/t18-,19-/m1/s1. The fourth-order valence-electron chi connectivity index (χ4n) is 2.58. The highest BCUT2D eigenvalue weighted by molar-refractivity contribution is 5.91. The Morgan fingerprint density at radius 2 is 1.52 bits per heavy atom. The van der Waals surface area contributed by atoms with E-state index >= 15 is 0 Å². The fourth-order valence-corrected chi connectivity index (χ4v) is 2.58. The summed E-state index contributed by atoms with van der Waals surface area (Å²) in [5.74, 6) is 0.967. The van der Waals surface area contributed by atoms with Crippen molar-refractivity contribution in [2.75, 3.05) is 0 Å². The number of ether oxygens (including phenoxy) is 1. The Labute approximate surface area is 169 Å². The summed E-state index contributed by atoms with van der Waals surface area (Å²) in [7, 11) is 0. The SMILES string of the molecule is C#CC[C@@H](NC(=O)[C@@H](Cc1ccccc1)NC(=O)OCc1ccccc1)C(N)=O. The first-order valence-electron chi connectivity index (χ1n) is 9.04. The number of nitrogens with one attached hydrogen (secondary N) is 2. The number of terminal acetylenes is 1. The van der Waals surface area contributed by atoms with Crippen LogP contribution in [0.3, 0.4) is 0 Å². The Kier molecular flexibility index (Phi) is 8.27. The molecule has 0 aliphatic rings. The van der Waals surface area contributed by atoms with E-state index in [1.54, 1.807) is 0 Å². The first-order valence-corrected chi connectivity index (χ1v) is 9.04. The van der Waals surface area contributed by atoms with Crippen LogP contribution in [0.25, 0.3) is 0 Å². The number of rotatable bonds is 9. The van der Waals surface area contributed by atoms with Crippen LogP contribution >= 0.6 is 0 Å². The van der Waals surface area contributed by atoms with Crippen molar-refractivity contribution in [1.82, 2.24) is 10.6 Å². The van der Waals surface area contributed by atoms with E-state index in [0.29, 0.717) is 0 Å². The van der Waals surface area contributed by atoms with E-state index in [9.17, 15) is 14.4 Å². The molecule has 0 bridgehead atoms. The first-order chi connectivity index (χ1) is 14.0. The Hall–Kier alpha value is -3.79. The summed E-state index contributed by atoms with van der Waals surface area (Å²) in [6.45, 7) is 0.0629. The number of hydrogen-bond acceptors (Lipinski definition) is 4.